The number of nitrogens with two attached hydrogens (primary N) is 1. The first kappa shape index (κ1) is 14.6. The molecule has 100 valence electrons. The Labute approximate surface area is 106 Å². The van der Waals surface area contributed by atoms with Gasteiger partial charge in [-0.2, -0.15) is 0 Å². The Morgan fingerprint density at radius 3 is 2.72 bits per heavy atom. The van der Waals surface area contributed by atoms with Crippen LogP contribution in [0.5, 0.6) is 0 Å². The van der Waals surface area contributed by atoms with Crippen LogP contribution in [0.25, 0.3) is 0 Å². The highest BCUT2D eigenvalue weighted by Gasteiger charge is 2.18. The molecule has 0 aliphatic carbocycles. The smallest absolute Gasteiger partial charge is 0.224 e. The van der Waals surface area contributed by atoms with Gasteiger partial charge in [0.1, 0.15) is 5.82 Å². The first-order valence-corrected chi connectivity index (χ1v) is 5.88. The molecule has 1 aromatic carbocycles. The Morgan fingerprint density at radius 1 is 1.50 bits per heavy atom. The quantitative estimate of drug-likeness (QED) is 0.732. The highest BCUT2D eigenvalue weighted by atomic mass is 19.1. The molecule has 0 aromatic heterocycles. The molecule has 0 aliphatic rings. The SMILES string of the molecule is CC(N)C(C)C(=O)NCC(O)c1cccc(F)c1. The van der Waals surface area contributed by atoms with Crippen LogP contribution in [-0.4, -0.2) is 23.6 Å². The molecule has 4 N–H and O–H groups in total. The zero-order chi connectivity index (χ0) is 13.7. The summed E-state index contributed by atoms with van der Waals surface area (Å²) in [6, 6.07) is 5.41. The fourth-order valence-corrected chi connectivity index (χ4v) is 1.43. The van der Waals surface area contributed by atoms with E-state index in [0.717, 1.165) is 0 Å². The molecule has 0 aliphatic heterocycles. The fourth-order valence-electron chi connectivity index (χ4n) is 1.43. The van der Waals surface area contributed by atoms with Gasteiger partial charge in [-0.15, -0.1) is 0 Å². The number of hydrogen-bond acceptors (Lipinski definition) is 3. The number of aliphatic hydroxyl groups is 1. The lowest BCUT2D eigenvalue weighted by molar-refractivity contribution is -0.125. The average molecular weight is 254 g/mol. The summed E-state index contributed by atoms with van der Waals surface area (Å²) in [5, 5.41) is 12.4. The summed E-state index contributed by atoms with van der Waals surface area (Å²) >= 11 is 0. The Balaban J connectivity index is 2.51. The molecule has 0 fully saturated rings. The van der Waals surface area contributed by atoms with E-state index in [9.17, 15) is 14.3 Å². The van der Waals surface area contributed by atoms with Crippen molar-refractivity contribution in [1.29, 1.82) is 0 Å². The molecular weight excluding hydrogens is 235 g/mol. The van der Waals surface area contributed by atoms with Crippen LogP contribution in [0, 0.1) is 11.7 Å². The number of carbonyl (C=O) groups is 1. The van der Waals surface area contributed by atoms with Crippen molar-refractivity contribution in [2.24, 2.45) is 11.7 Å². The van der Waals surface area contributed by atoms with Gasteiger partial charge in [0.15, 0.2) is 0 Å². The van der Waals surface area contributed by atoms with Gasteiger partial charge in [-0.1, -0.05) is 19.1 Å². The molecule has 5 heteroatoms. The zero-order valence-corrected chi connectivity index (χ0v) is 10.6. The maximum Gasteiger partial charge on any atom is 0.224 e. The fraction of sp³-hybridized carbons (Fsp3) is 0.462. The molecule has 1 aromatic rings. The van der Waals surface area contributed by atoms with Crippen LogP contribution >= 0.6 is 0 Å². The number of aliphatic hydroxyl groups excluding tert-OH is 1. The third-order valence-electron chi connectivity index (χ3n) is 2.91. The topological polar surface area (TPSA) is 75.4 Å². The second-order valence-corrected chi connectivity index (χ2v) is 4.46. The van der Waals surface area contributed by atoms with Gasteiger partial charge in [-0.3, -0.25) is 4.79 Å². The Kier molecular flexibility index (Phi) is 5.25. The highest BCUT2D eigenvalue weighted by Crippen LogP contribution is 2.13. The summed E-state index contributed by atoms with van der Waals surface area (Å²) in [5.41, 5.74) is 6.04. The summed E-state index contributed by atoms with van der Waals surface area (Å²) in [5.74, 6) is -0.966. The van der Waals surface area contributed by atoms with E-state index in [1.165, 1.54) is 18.2 Å². The second kappa shape index (κ2) is 6.47. The third-order valence-corrected chi connectivity index (χ3v) is 2.91. The van der Waals surface area contributed by atoms with Crippen molar-refractivity contribution in [3.05, 3.63) is 35.6 Å². The first-order chi connectivity index (χ1) is 8.41. The van der Waals surface area contributed by atoms with Crippen LogP contribution < -0.4 is 11.1 Å². The molecule has 0 saturated carbocycles. The summed E-state index contributed by atoms with van der Waals surface area (Å²) in [6.45, 7) is 3.50. The number of amides is 1. The van der Waals surface area contributed by atoms with Crippen LogP contribution in [0.1, 0.15) is 25.5 Å². The van der Waals surface area contributed by atoms with Crippen LogP contribution in [0.2, 0.25) is 0 Å². The van der Waals surface area contributed by atoms with Gasteiger partial charge < -0.3 is 16.2 Å². The van der Waals surface area contributed by atoms with Crippen molar-refractivity contribution < 1.29 is 14.3 Å². The van der Waals surface area contributed by atoms with Crippen molar-refractivity contribution in [2.45, 2.75) is 26.0 Å². The van der Waals surface area contributed by atoms with E-state index in [1.807, 2.05) is 0 Å². The molecular formula is C13H19FN2O2. The third kappa shape index (κ3) is 4.09. The highest BCUT2D eigenvalue weighted by molar-refractivity contribution is 5.78. The van der Waals surface area contributed by atoms with Crippen LogP contribution in [0.3, 0.4) is 0 Å². The number of hydrogen-bond donors (Lipinski definition) is 3. The second-order valence-electron chi connectivity index (χ2n) is 4.46. The zero-order valence-electron chi connectivity index (χ0n) is 10.6. The largest absolute Gasteiger partial charge is 0.387 e. The molecule has 0 saturated heterocycles. The Bertz CT molecular complexity index is 410. The molecule has 3 atom stereocenters. The van der Waals surface area contributed by atoms with Gasteiger partial charge >= 0.3 is 0 Å². The van der Waals surface area contributed by atoms with E-state index >= 15 is 0 Å². The van der Waals surface area contributed by atoms with Crippen molar-refractivity contribution in [1.82, 2.24) is 5.32 Å². The number of nitrogens with one attached hydrogen (secondary N) is 1. The van der Waals surface area contributed by atoms with E-state index in [-0.39, 0.29) is 24.4 Å². The lowest BCUT2D eigenvalue weighted by Crippen LogP contribution is -2.40. The Hall–Kier alpha value is -1.46. The molecule has 3 unspecified atom stereocenters. The van der Waals surface area contributed by atoms with Gasteiger partial charge in [-0.25, -0.2) is 4.39 Å². The molecule has 4 nitrogen and oxygen atoms in total. The lowest BCUT2D eigenvalue weighted by Gasteiger charge is -2.17. The maximum atomic E-state index is 12.9. The van der Waals surface area contributed by atoms with Crippen molar-refractivity contribution in [2.75, 3.05) is 6.54 Å². The minimum Gasteiger partial charge on any atom is -0.387 e. The molecule has 1 amide bonds. The van der Waals surface area contributed by atoms with Crippen LogP contribution in [-0.2, 0) is 4.79 Å². The van der Waals surface area contributed by atoms with Crippen molar-refractivity contribution in [3.8, 4) is 0 Å². The van der Waals surface area contributed by atoms with Crippen molar-refractivity contribution in [3.63, 3.8) is 0 Å². The summed E-state index contributed by atoms with van der Waals surface area (Å²) in [6.07, 6.45) is -0.926. The van der Waals surface area contributed by atoms with Gasteiger partial charge in [0, 0.05) is 18.5 Å². The molecule has 0 heterocycles. The van der Waals surface area contributed by atoms with Gasteiger partial charge in [0.25, 0.3) is 0 Å². The monoisotopic (exact) mass is 254 g/mol. The number of rotatable bonds is 5. The number of halogens is 1. The first-order valence-electron chi connectivity index (χ1n) is 5.88. The van der Waals surface area contributed by atoms with E-state index < -0.39 is 11.9 Å². The number of carbonyl (C=O) groups excluding carboxylic acids is 1. The van der Waals surface area contributed by atoms with Crippen LogP contribution in [0.4, 0.5) is 4.39 Å². The normalized spacial score (nSPS) is 15.8. The summed E-state index contributed by atoms with van der Waals surface area (Å²) < 4.78 is 12.9. The Morgan fingerprint density at radius 2 is 2.17 bits per heavy atom. The maximum absolute atomic E-state index is 12.9. The van der Waals surface area contributed by atoms with E-state index in [0.29, 0.717) is 5.56 Å². The molecule has 18 heavy (non-hydrogen) atoms. The van der Waals surface area contributed by atoms with Gasteiger partial charge in [0.2, 0.25) is 5.91 Å². The van der Waals surface area contributed by atoms with Gasteiger partial charge in [0.05, 0.1) is 6.10 Å². The predicted molar refractivity (Wildman–Crippen MR) is 67.2 cm³/mol. The molecule has 0 spiro atoms. The molecule has 0 bridgehead atoms. The predicted octanol–water partition coefficient (Wildman–Crippen LogP) is 0.959. The van der Waals surface area contributed by atoms with E-state index in [4.69, 9.17) is 5.73 Å². The number of benzene rings is 1. The minimum absolute atomic E-state index is 0.0410. The lowest BCUT2D eigenvalue weighted by atomic mass is 10.0. The minimum atomic E-state index is -0.926. The summed E-state index contributed by atoms with van der Waals surface area (Å²) in [7, 11) is 0. The average Bonchev–Trinajstić information content (AvgIpc) is 2.34. The van der Waals surface area contributed by atoms with Gasteiger partial charge in [-0.05, 0) is 24.6 Å². The molecule has 1 rings (SSSR count). The van der Waals surface area contributed by atoms with E-state index in [2.05, 4.69) is 5.32 Å². The van der Waals surface area contributed by atoms with Crippen LogP contribution in [0.15, 0.2) is 24.3 Å². The molecule has 0 radical (unpaired) electrons. The van der Waals surface area contributed by atoms with Crippen molar-refractivity contribution >= 4 is 5.91 Å². The standard InChI is InChI=1S/C13H19FN2O2/c1-8(9(2)15)13(18)16-7-12(17)10-4-3-5-11(14)6-10/h3-6,8-9,12,17H,7,15H2,1-2H3,(H,16,18). The summed E-state index contributed by atoms with van der Waals surface area (Å²) in [4.78, 5) is 11.6. The van der Waals surface area contributed by atoms with E-state index in [1.54, 1.807) is 19.9 Å².